The summed E-state index contributed by atoms with van der Waals surface area (Å²) < 4.78 is 18.1. The van der Waals surface area contributed by atoms with Gasteiger partial charge in [0.1, 0.15) is 11.6 Å². The monoisotopic (exact) mass is 252 g/mol. The van der Waals surface area contributed by atoms with Gasteiger partial charge in [-0.1, -0.05) is 27.2 Å². The Morgan fingerprint density at radius 1 is 1.33 bits per heavy atom. The summed E-state index contributed by atoms with van der Waals surface area (Å²) in [4.78, 5) is 12.2. The van der Waals surface area contributed by atoms with Crippen LogP contribution >= 0.6 is 0 Å². The topological polar surface area (TPSA) is 26.3 Å². The van der Waals surface area contributed by atoms with Crippen LogP contribution in [0.15, 0.2) is 24.3 Å². The van der Waals surface area contributed by atoms with E-state index in [-0.39, 0.29) is 17.7 Å². The first-order chi connectivity index (χ1) is 8.40. The minimum absolute atomic E-state index is 0.199. The number of hydrogen-bond donors (Lipinski definition) is 0. The molecule has 2 nitrogen and oxygen atoms in total. The highest BCUT2D eigenvalue weighted by Gasteiger charge is 2.37. The number of ether oxygens (including phenoxy) is 1. The van der Waals surface area contributed by atoms with Gasteiger partial charge in [0.2, 0.25) is 0 Å². The average Bonchev–Trinajstić information content (AvgIpc) is 2.32. The van der Waals surface area contributed by atoms with Gasteiger partial charge < -0.3 is 4.74 Å². The summed E-state index contributed by atoms with van der Waals surface area (Å²) in [5.41, 5.74) is -0.497. The first-order valence-corrected chi connectivity index (χ1v) is 6.38. The minimum Gasteiger partial charge on any atom is -0.426 e. The average molecular weight is 252 g/mol. The zero-order chi connectivity index (χ0) is 13.8. The van der Waals surface area contributed by atoms with E-state index < -0.39 is 5.41 Å². The number of carbonyl (C=O) groups is 1. The van der Waals surface area contributed by atoms with Gasteiger partial charge in [0.05, 0.1) is 5.41 Å². The van der Waals surface area contributed by atoms with Crippen LogP contribution in [0.1, 0.15) is 40.5 Å². The fraction of sp³-hybridized carbons (Fsp3) is 0.533. The van der Waals surface area contributed by atoms with Crippen molar-refractivity contribution in [2.45, 2.75) is 40.5 Å². The lowest BCUT2D eigenvalue weighted by molar-refractivity contribution is -0.148. The second-order valence-corrected chi connectivity index (χ2v) is 5.17. The predicted octanol–water partition coefficient (Wildman–Crippen LogP) is 4.19. The molecule has 0 fully saturated rings. The van der Waals surface area contributed by atoms with Crippen LogP contribution in [0.25, 0.3) is 0 Å². The number of rotatable bonds is 5. The van der Waals surface area contributed by atoms with E-state index in [0.717, 1.165) is 12.8 Å². The van der Waals surface area contributed by atoms with E-state index in [1.807, 2.05) is 27.7 Å². The zero-order valence-corrected chi connectivity index (χ0v) is 11.5. The maximum Gasteiger partial charge on any atom is 0.317 e. The van der Waals surface area contributed by atoms with Crippen molar-refractivity contribution in [1.82, 2.24) is 0 Å². The molecule has 1 rings (SSSR count). The highest BCUT2D eigenvalue weighted by molar-refractivity contribution is 5.79. The van der Waals surface area contributed by atoms with E-state index in [1.54, 1.807) is 0 Å². The molecule has 0 bridgehead atoms. The molecule has 0 amide bonds. The lowest BCUT2D eigenvalue weighted by atomic mass is 9.75. The van der Waals surface area contributed by atoms with E-state index >= 15 is 0 Å². The largest absolute Gasteiger partial charge is 0.426 e. The first kappa shape index (κ1) is 14.7. The Labute approximate surface area is 108 Å². The summed E-state index contributed by atoms with van der Waals surface area (Å²) in [5.74, 6) is 0.00992. The van der Waals surface area contributed by atoms with Gasteiger partial charge in [0, 0.05) is 0 Å². The van der Waals surface area contributed by atoms with Gasteiger partial charge in [0.25, 0.3) is 0 Å². The molecule has 100 valence electrons. The quantitative estimate of drug-likeness (QED) is 0.580. The van der Waals surface area contributed by atoms with Gasteiger partial charge >= 0.3 is 5.97 Å². The molecule has 18 heavy (non-hydrogen) atoms. The maximum atomic E-state index is 12.8. The number of benzene rings is 1. The van der Waals surface area contributed by atoms with E-state index in [0.29, 0.717) is 5.75 Å². The van der Waals surface area contributed by atoms with Crippen LogP contribution in [0, 0.1) is 17.2 Å². The zero-order valence-electron chi connectivity index (χ0n) is 11.5. The molecule has 0 aliphatic heterocycles. The lowest BCUT2D eigenvalue weighted by Crippen LogP contribution is -2.36. The molecule has 0 heterocycles. The van der Waals surface area contributed by atoms with E-state index in [1.165, 1.54) is 24.3 Å². The maximum absolute atomic E-state index is 12.8. The molecular formula is C15H21FO2. The van der Waals surface area contributed by atoms with Crippen LogP contribution in [0.5, 0.6) is 5.75 Å². The van der Waals surface area contributed by atoms with Crippen molar-refractivity contribution >= 4 is 5.97 Å². The van der Waals surface area contributed by atoms with Crippen LogP contribution in [-0.4, -0.2) is 5.97 Å². The van der Waals surface area contributed by atoms with E-state index in [4.69, 9.17) is 4.74 Å². The van der Waals surface area contributed by atoms with Crippen molar-refractivity contribution in [3.05, 3.63) is 30.1 Å². The van der Waals surface area contributed by atoms with Crippen molar-refractivity contribution < 1.29 is 13.9 Å². The second kappa shape index (κ2) is 5.98. The van der Waals surface area contributed by atoms with Crippen molar-refractivity contribution in [2.24, 2.45) is 11.3 Å². The van der Waals surface area contributed by atoms with Gasteiger partial charge in [0.15, 0.2) is 0 Å². The molecule has 0 saturated heterocycles. The molecular weight excluding hydrogens is 231 g/mol. The Morgan fingerprint density at radius 3 is 2.33 bits per heavy atom. The van der Waals surface area contributed by atoms with Crippen molar-refractivity contribution in [1.29, 1.82) is 0 Å². The Morgan fingerprint density at radius 2 is 1.89 bits per heavy atom. The van der Waals surface area contributed by atoms with Crippen LogP contribution in [-0.2, 0) is 4.79 Å². The van der Waals surface area contributed by atoms with Crippen molar-refractivity contribution in [3.8, 4) is 5.75 Å². The molecule has 0 spiro atoms. The third-order valence-corrected chi connectivity index (χ3v) is 3.53. The predicted molar refractivity (Wildman–Crippen MR) is 69.9 cm³/mol. The number of carbonyl (C=O) groups excluding carboxylic acids is 1. The summed E-state index contributed by atoms with van der Waals surface area (Å²) in [6.07, 6.45) is 1.71. The van der Waals surface area contributed by atoms with Crippen molar-refractivity contribution in [3.63, 3.8) is 0 Å². The van der Waals surface area contributed by atoms with Crippen molar-refractivity contribution in [2.75, 3.05) is 0 Å². The second-order valence-electron chi connectivity index (χ2n) is 5.17. The van der Waals surface area contributed by atoms with E-state index in [2.05, 4.69) is 0 Å². The summed E-state index contributed by atoms with van der Waals surface area (Å²) in [6.45, 7) is 8.00. The molecule has 0 aliphatic rings. The van der Waals surface area contributed by atoms with Gasteiger partial charge in [-0.3, -0.25) is 4.79 Å². The highest BCUT2D eigenvalue weighted by atomic mass is 19.1. The van der Waals surface area contributed by atoms with Crippen LogP contribution in [0.3, 0.4) is 0 Å². The molecule has 0 radical (unpaired) electrons. The molecule has 3 heteroatoms. The molecule has 1 unspecified atom stereocenters. The Balaban J connectivity index is 2.82. The lowest BCUT2D eigenvalue weighted by Gasteiger charge is -2.30. The number of hydrogen-bond acceptors (Lipinski definition) is 2. The van der Waals surface area contributed by atoms with Crippen LogP contribution in [0.4, 0.5) is 4.39 Å². The first-order valence-electron chi connectivity index (χ1n) is 6.38. The van der Waals surface area contributed by atoms with Crippen LogP contribution in [0.2, 0.25) is 0 Å². The van der Waals surface area contributed by atoms with Gasteiger partial charge in [-0.05, 0) is 43.5 Å². The normalized spacial score (nSPS) is 14.3. The SMILES string of the molecule is CCCC(C)(C(=O)Oc1ccc(F)cc1)C(C)C. The number of esters is 1. The third kappa shape index (κ3) is 3.31. The summed E-state index contributed by atoms with van der Waals surface area (Å²) in [7, 11) is 0. The van der Waals surface area contributed by atoms with Crippen LogP contribution < -0.4 is 4.74 Å². The Kier molecular flexibility index (Phi) is 4.88. The summed E-state index contributed by atoms with van der Waals surface area (Å²) in [6, 6.07) is 5.52. The fourth-order valence-electron chi connectivity index (χ4n) is 1.87. The van der Waals surface area contributed by atoms with Gasteiger partial charge in [-0.25, -0.2) is 4.39 Å². The molecule has 0 aromatic heterocycles. The molecule has 0 saturated carbocycles. The summed E-state index contributed by atoms with van der Waals surface area (Å²) in [5, 5.41) is 0. The van der Waals surface area contributed by atoms with Gasteiger partial charge in [-0.2, -0.15) is 0 Å². The fourth-order valence-corrected chi connectivity index (χ4v) is 1.87. The van der Waals surface area contributed by atoms with Gasteiger partial charge in [-0.15, -0.1) is 0 Å². The molecule has 0 N–H and O–H groups in total. The third-order valence-electron chi connectivity index (χ3n) is 3.53. The van der Waals surface area contributed by atoms with E-state index in [9.17, 15) is 9.18 Å². The highest BCUT2D eigenvalue weighted by Crippen LogP contribution is 2.34. The standard InChI is InChI=1S/C15H21FO2/c1-5-10-15(4,11(2)3)14(17)18-13-8-6-12(16)7-9-13/h6-9,11H,5,10H2,1-4H3. The Hall–Kier alpha value is -1.38. The molecule has 1 atom stereocenters. The molecule has 0 aliphatic carbocycles. The minimum atomic E-state index is -0.497. The Bertz CT molecular complexity index is 397. The summed E-state index contributed by atoms with van der Waals surface area (Å²) >= 11 is 0. The molecule has 1 aromatic rings. The molecule has 1 aromatic carbocycles. The smallest absolute Gasteiger partial charge is 0.317 e. The number of halogens is 1.